The van der Waals surface area contributed by atoms with Gasteiger partial charge in [-0.25, -0.2) is 0 Å². The van der Waals surface area contributed by atoms with Crippen molar-refractivity contribution in [1.82, 2.24) is 0 Å². The molecule has 1 aromatic rings. The van der Waals surface area contributed by atoms with E-state index in [1.165, 1.54) is 0 Å². The van der Waals surface area contributed by atoms with E-state index in [4.69, 9.17) is 10.5 Å². The van der Waals surface area contributed by atoms with E-state index in [1.54, 1.807) is 6.92 Å². The molecule has 1 amide bonds. The minimum atomic E-state index is -0.425. The molecule has 21 heavy (non-hydrogen) atoms. The van der Waals surface area contributed by atoms with E-state index >= 15 is 0 Å². The molecule has 0 spiro atoms. The van der Waals surface area contributed by atoms with Crippen molar-refractivity contribution in [3.8, 4) is 5.75 Å². The number of hydrogen-bond donors (Lipinski definition) is 1. The predicted molar refractivity (Wildman–Crippen MR) is 85.6 cm³/mol. The zero-order chi connectivity index (χ0) is 15.8. The van der Waals surface area contributed by atoms with E-state index in [2.05, 4.69) is 27.7 Å². The van der Waals surface area contributed by atoms with Crippen LogP contribution in [0.3, 0.4) is 0 Å². The van der Waals surface area contributed by atoms with Crippen LogP contribution in [-0.4, -0.2) is 18.6 Å². The Kier molecular flexibility index (Phi) is 4.28. The summed E-state index contributed by atoms with van der Waals surface area (Å²) in [7, 11) is 0. The van der Waals surface area contributed by atoms with Gasteiger partial charge in [0.1, 0.15) is 5.75 Å². The van der Waals surface area contributed by atoms with Gasteiger partial charge in [-0.15, -0.1) is 0 Å². The van der Waals surface area contributed by atoms with Gasteiger partial charge in [0, 0.05) is 12.6 Å². The fourth-order valence-corrected chi connectivity index (χ4v) is 2.57. The molecule has 0 saturated carbocycles. The van der Waals surface area contributed by atoms with Gasteiger partial charge in [0.2, 0.25) is 0 Å². The molecule has 2 atom stereocenters. The van der Waals surface area contributed by atoms with Crippen molar-refractivity contribution in [2.75, 3.05) is 11.4 Å². The third-order valence-electron chi connectivity index (χ3n) is 3.93. The number of hydrogen-bond acceptors (Lipinski definition) is 3. The van der Waals surface area contributed by atoms with Crippen molar-refractivity contribution in [1.29, 1.82) is 0 Å². The number of nitrogens with two attached hydrogens (primary N) is 1. The summed E-state index contributed by atoms with van der Waals surface area (Å²) in [5.74, 6) is 0.784. The van der Waals surface area contributed by atoms with E-state index in [0.717, 1.165) is 23.4 Å². The lowest BCUT2D eigenvalue weighted by atomic mass is 9.83. The van der Waals surface area contributed by atoms with Crippen LogP contribution < -0.4 is 15.4 Å². The molecule has 1 aliphatic rings. The van der Waals surface area contributed by atoms with Crippen LogP contribution in [0.15, 0.2) is 18.2 Å². The maximum absolute atomic E-state index is 12.3. The molecule has 0 bridgehead atoms. The number of nitrogens with zero attached hydrogens (tertiary/aromatic N) is 1. The standard InChI is InChI=1S/C17H26N2O2/c1-6-9-19-13-10-12(15(18)17(3,4)5)7-8-14(13)21-11(2)16(19)20/h7-8,10-11,15H,6,9,18H2,1-5H3. The van der Waals surface area contributed by atoms with Crippen molar-refractivity contribution in [2.45, 2.75) is 53.2 Å². The van der Waals surface area contributed by atoms with Crippen molar-refractivity contribution >= 4 is 11.6 Å². The molecule has 0 saturated heterocycles. The van der Waals surface area contributed by atoms with Gasteiger partial charge in [0.05, 0.1) is 5.69 Å². The van der Waals surface area contributed by atoms with Crippen LogP contribution >= 0.6 is 0 Å². The highest BCUT2D eigenvalue weighted by atomic mass is 16.5. The molecular weight excluding hydrogens is 264 g/mol. The van der Waals surface area contributed by atoms with Crippen molar-refractivity contribution < 1.29 is 9.53 Å². The summed E-state index contributed by atoms with van der Waals surface area (Å²) < 4.78 is 5.71. The summed E-state index contributed by atoms with van der Waals surface area (Å²) in [6.45, 7) is 10.9. The number of rotatable bonds is 3. The van der Waals surface area contributed by atoms with Gasteiger partial charge in [-0.2, -0.15) is 0 Å². The topological polar surface area (TPSA) is 55.6 Å². The van der Waals surface area contributed by atoms with Crippen LogP contribution in [0.1, 0.15) is 52.6 Å². The minimum absolute atomic E-state index is 0.0193. The molecule has 1 aliphatic heterocycles. The number of benzene rings is 1. The van der Waals surface area contributed by atoms with Crippen LogP contribution in [0, 0.1) is 5.41 Å². The number of carbonyl (C=O) groups is 1. The van der Waals surface area contributed by atoms with E-state index in [-0.39, 0.29) is 17.4 Å². The summed E-state index contributed by atoms with van der Waals surface area (Å²) in [5, 5.41) is 0. The lowest BCUT2D eigenvalue weighted by Crippen LogP contribution is -2.44. The molecule has 0 aromatic heterocycles. The quantitative estimate of drug-likeness (QED) is 0.929. The SMILES string of the molecule is CCCN1C(=O)C(C)Oc2ccc(C(N)C(C)(C)C)cc21. The average Bonchev–Trinajstić information content (AvgIpc) is 2.41. The number of ether oxygens (including phenoxy) is 1. The van der Waals surface area contributed by atoms with Crippen molar-refractivity contribution in [3.63, 3.8) is 0 Å². The Morgan fingerprint density at radius 3 is 2.62 bits per heavy atom. The van der Waals surface area contributed by atoms with Crippen molar-refractivity contribution in [3.05, 3.63) is 23.8 Å². The van der Waals surface area contributed by atoms with Gasteiger partial charge in [-0.05, 0) is 36.5 Å². The number of fused-ring (bicyclic) bond motifs is 1. The lowest BCUT2D eigenvalue weighted by Gasteiger charge is -2.34. The summed E-state index contributed by atoms with van der Waals surface area (Å²) >= 11 is 0. The van der Waals surface area contributed by atoms with Gasteiger partial charge in [0.15, 0.2) is 6.10 Å². The Morgan fingerprint density at radius 1 is 1.38 bits per heavy atom. The zero-order valence-corrected chi connectivity index (χ0v) is 13.6. The van der Waals surface area contributed by atoms with Gasteiger partial charge >= 0.3 is 0 Å². The smallest absolute Gasteiger partial charge is 0.267 e. The van der Waals surface area contributed by atoms with Crippen LogP contribution in [0.5, 0.6) is 5.75 Å². The van der Waals surface area contributed by atoms with E-state index < -0.39 is 6.10 Å². The Hall–Kier alpha value is -1.55. The first-order valence-electron chi connectivity index (χ1n) is 7.63. The normalized spacial score (nSPS) is 20.0. The summed E-state index contributed by atoms with van der Waals surface area (Å²) in [5.41, 5.74) is 8.19. The molecule has 0 aliphatic carbocycles. The van der Waals surface area contributed by atoms with Crippen molar-refractivity contribution in [2.24, 2.45) is 11.1 Å². The van der Waals surface area contributed by atoms with Crippen LogP contribution in [0.2, 0.25) is 0 Å². The largest absolute Gasteiger partial charge is 0.479 e. The molecule has 2 rings (SSSR count). The van der Waals surface area contributed by atoms with Gasteiger partial charge < -0.3 is 15.4 Å². The maximum atomic E-state index is 12.3. The first-order valence-corrected chi connectivity index (χ1v) is 7.63. The fourth-order valence-electron chi connectivity index (χ4n) is 2.57. The first-order chi connectivity index (χ1) is 9.75. The third-order valence-corrected chi connectivity index (χ3v) is 3.93. The first kappa shape index (κ1) is 15.8. The van der Waals surface area contributed by atoms with Gasteiger partial charge in [0.25, 0.3) is 5.91 Å². The summed E-state index contributed by atoms with van der Waals surface area (Å²) in [6.07, 6.45) is 0.485. The monoisotopic (exact) mass is 290 g/mol. The third kappa shape index (κ3) is 3.05. The molecule has 2 N–H and O–H groups in total. The minimum Gasteiger partial charge on any atom is -0.479 e. The fraction of sp³-hybridized carbons (Fsp3) is 0.588. The summed E-state index contributed by atoms with van der Waals surface area (Å²) in [6, 6.07) is 5.86. The highest BCUT2D eigenvalue weighted by molar-refractivity contribution is 5.99. The second-order valence-electron chi connectivity index (χ2n) is 6.82. The predicted octanol–water partition coefficient (Wildman–Crippen LogP) is 3.26. The van der Waals surface area contributed by atoms with Crippen LogP contribution in [0.4, 0.5) is 5.69 Å². The molecule has 0 fully saturated rings. The molecule has 1 heterocycles. The van der Waals surface area contributed by atoms with E-state index in [9.17, 15) is 4.79 Å². The molecule has 4 nitrogen and oxygen atoms in total. The Bertz CT molecular complexity index is 534. The average molecular weight is 290 g/mol. The Morgan fingerprint density at radius 2 is 2.05 bits per heavy atom. The second kappa shape index (κ2) is 5.68. The van der Waals surface area contributed by atoms with Gasteiger partial charge in [-0.1, -0.05) is 33.8 Å². The molecule has 2 unspecified atom stereocenters. The lowest BCUT2D eigenvalue weighted by molar-refractivity contribution is -0.125. The number of amides is 1. The Labute approximate surface area is 127 Å². The maximum Gasteiger partial charge on any atom is 0.267 e. The Balaban J connectivity index is 2.44. The van der Waals surface area contributed by atoms with E-state index in [0.29, 0.717) is 6.54 Å². The molecule has 116 valence electrons. The highest BCUT2D eigenvalue weighted by Gasteiger charge is 2.32. The van der Waals surface area contributed by atoms with E-state index in [1.807, 2.05) is 23.1 Å². The molecule has 4 heteroatoms. The van der Waals surface area contributed by atoms with Crippen LogP contribution in [-0.2, 0) is 4.79 Å². The zero-order valence-electron chi connectivity index (χ0n) is 13.6. The molecule has 1 aromatic carbocycles. The number of anilines is 1. The highest BCUT2D eigenvalue weighted by Crippen LogP contribution is 2.39. The van der Waals surface area contributed by atoms with Crippen LogP contribution in [0.25, 0.3) is 0 Å². The summed E-state index contributed by atoms with van der Waals surface area (Å²) in [4.78, 5) is 14.1. The number of carbonyl (C=O) groups excluding carboxylic acids is 1. The molecular formula is C17H26N2O2. The van der Waals surface area contributed by atoms with Gasteiger partial charge in [-0.3, -0.25) is 4.79 Å². The second-order valence-corrected chi connectivity index (χ2v) is 6.82. The molecule has 0 radical (unpaired) electrons.